The molecule has 1 atom stereocenters. The lowest BCUT2D eigenvalue weighted by Gasteiger charge is -2.17. The first-order valence-electron chi connectivity index (χ1n) is 5.97. The number of carbonyl (C=O) groups excluding carboxylic acids is 1. The maximum absolute atomic E-state index is 12.2. The molecule has 0 saturated heterocycles. The van der Waals surface area contributed by atoms with E-state index in [9.17, 15) is 18.0 Å². The summed E-state index contributed by atoms with van der Waals surface area (Å²) in [6, 6.07) is 2.65. The van der Waals surface area contributed by atoms with Crippen molar-refractivity contribution in [1.82, 2.24) is 5.32 Å². The molecule has 118 valence electrons. The monoisotopic (exact) mass is 369 g/mol. The van der Waals surface area contributed by atoms with Crippen molar-refractivity contribution in [2.45, 2.75) is 25.6 Å². The lowest BCUT2D eigenvalue weighted by molar-refractivity contribution is -0.174. The molecule has 0 aliphatic heterocycles. The van der Waals surface area contributed by atoms with Crippen molar-refractivity contribution < 1.29 is 27.4 Å². The number of carbonyl (C=O) groups is 1. The molecular weight excluding hydrogens is 355 g/mol. The number of methoxy groups -OCH3 is 2. The van der Waals surface area contributed by atoms with Crippen LogP contribution in [0.4, 0.5) is 13.2 Å². The van der Waals surface area contributed by atoms with E-state index in [-0.39, 0.29) is 6.42 Å². The highest BCUT2D eigenvalue weighted by Gasteiger charge is 2.39. The third-order valence-electron chi connectivity index (χ3n) is 2.68. The van der Waals surface area contributed by atoms with Crippen LogP contribution in [0.5, 0.6) is 11.5 Å². The number of alkyl halides is 3. The summed E-state index contributed by atoms with van der Waals surface area (Å²) in [5.74, 6) is -0.955. The number of amides is 1. The molecule has 1 aromatic carbocycles. The quantitative estimate of drug-likeness (QED) is 0.867. The van der Waals surface area contributed by atoms with Crippen molar-refractivity contribution >= 4 is 21.8 Å². The molecule has 21 heavy (non-hydrogen) atoms. The highest BCUT2D eigenvalue weighted by Crippen LogP contribution is 2.35. The molecule has 8 heteroatoms. The minimum Gasteiger partial charge on any atom is -0.495 e. The van der Waals surface area contributed by atoms with Crippen molar-refractivity contribution in [1.29, 1.82) is 0 Å². The van der Waals surface area contributed by atoms with Gasteiger partial charge in [0.1, 0.15) is 16.0 Å². The fourth-order valence-corrected chi connectivity index (χ4v) is 2.30. The smallest absolute Gasteiger partial charge is 0.471 e. The van der Waals surface area contributed by atoms with Crippen LogP contribution in [0.3, 0.4) is 0 Å². The fraction of sp³-hybridized carbons (Fsp3) is 0.462. The van der Waals surface area contributed by atoms with E-state index in [1.54, 1.807) is 12.1 Å². The van der Waals surface area contributed by atoms with Gasteiger partial charge < -0.3 is 14.8 Å². The maximum atomic E-state index is 12.2. The standard InChI is InChI=1S/C13H15BrF3NO3/c1-7(18-12(19)13(15,16)17)4-8-5-9(20-2)11(14)10(6-8)21-3/h5-7H,4H2,1-3H3,(H,18,19). The molecule has 0 fully saturated rings. The van der Waals surface area contributed by atoms with Gasteiger partial charge in [-0.2, -0.15) is 13.2 Å². The summed E-state index contributed by atoms with van der Waals surface area (Å²) < 4.78 is 47.5. The van der Waals surface area contributed by atoms with Gasteiger partial charge in [-0.05, 0) is 47.0 Å². The van der Waals surface area contributed by atoms with Gasteiger partial charge in [-0.3, -0.25) is 4.79 Å². The van der Waals surface area contributed by atoms with Crippen molar-refractivity contribution in [3.63, 3.8) is 0 Å². The Bertz CT molecular complexity index is 495. The predicted molar refractivity (Wildman–Crippen MR) is 74.6 cm³/mol. The molecule has 0 radical (unpaired) electrons. The summed E-state index contributed by atoms with van der Waals surface area (Å²) in [5.41, 5.74) is 0.682. The molecule has 0 aromatic heterocycles. The summed E-state index contributed by atoms with van der Waals surface area (Å²) in [5, 5.41) is 1.90. The van der Waals surface area contributed by atoms with Crippen LogP contribution in [0.2, 0.25) is 0 Å². The number of halogens is 4. The van der Waals surface area contributed by atoms with E-state index < -0.39 is 18.1 Å². The summed E-state index contributed by atoms with van der Waals surface area (Å²) in [6.45, 7) is 1.49. The number of hydrogen-bond acceptors (Lipinski definition) is 3. The number of benzene rings is 1. The second kappa shape index (κ2) is 7.02. The summed E-state index contributed by atoms with van der Waals surface area (Å²) in [6.07, 6.45) is -4.68. The van der Waals surface area contributed by atoms with Gasteiger partial charge in [0.25, 0.3) is 0 Å². The average molecular weight is 370 g/mol. The first-order chi connectivity index (χ1) is 9.68. The van der Waals surface area contributed by atoms with Crippen molar-refractivity contribution in [2.24, 2.45) is 0 Å². The van der Waals surface area contributed by atoms with Gasteiger partial charge >= 0.3 is 12.1 Å². The first kappa shape index (κ1) is 17.6. The Balaban J connectivity index is 2.85. The number of ether oxygens (including phenoxy) is 2. The van der Waals surface area contributed by atoms with E-state index in [1.807, 2.05) is 5.32 Å². The average Bonchev–Trinajstić information content (AvgIpc) is 2.39. The molecule has 0 saturated carbocycles. The van der Waals surface area contributed by atoms with Crippen molar-refractivity contribution in [3.05, 3.63) is 22.2 Å². The number of hydrogen-bond donors (Lipinski definition) is 1. The molecule has 0 heterocycles. The minimum atomic E-state index is -4.89. The summed E-state index contributed by atoms with van der Waals surface area (Å²) >= 11 is 3.30. The van der Waals surface area contributed by atoms with Crippen LogP contribution in [0.15, 0.2) is 16.6 Å². The topological polar surface area (TPSA) is 47.6 Å². The molecule has 1 unspecified atom stereocenters. The van der Waals surface area contributed by atoms with Crippen LogP contribution in [0.25, 0.3) is 0 Å². The van der Waals surface area contributed by atoms with Gasteiger partial charge in [-0.15, -0.1) is 0 Å². The van der Waals surface area contributed by atoms with Crippen LogP contribution in [-0.4, -0.2) is 32.3 Å². The Morgan fingerprint density at radius 1 is 1.29 bits per heavy atom. The van der Waals surface area contributed by atoms with Crippen molar-refractivity contribution in [3.8, 4) is 11.5 Å². The molecule has 0 bridgehead atoms. The van der Waals surface area contributed by atoms with Gasteiger partial charge in [0.15, 0.2) is 0 Å². The predicted octanol–water partition coefficient (Wildman–Crippen LogP) is 3.08. The van der Waals surface area contributed by atoms with Gasteiger partial charge in [-0.1, -0.05) is 0 Å². The van der Waals surface area contributed by atoms with Gasteiger partial charge in [0, 0.05) is 6.04 Å². The fourth-order valence-electron chi connectivity index (χ4n) is 1.75. The molecule has 1 amide bonds. The molecule has 1 rings (SSSR count). The van der Waals surface area contributed by atoms with E-state index in [0.29, 0.717) is 21.5 Å². The third kappa shape index (κ3) is 4.80. The summed E-state index contributed by atoms with van der Waals surface area (Å²) in [4.78, 5) is 10.9. The van der Waals surface area contributed by atoms with Crippen LogP contribution in [-0.2, 0) is 11.2 Å². The summed E-state index contributed by atoms with van der Waals surface area (Å²) in [7, 11) is 2.94. The van der Waals surface area contributed by atoms with E-state index >= 15 is 0 Å². The Hall–Kier alpha value is -1.44. The molecule has 1 N–H and O–H groups in total. The second-order valence-electron chi connectivity index (χ2n) is 4.39. The largest absolute Gasteiger partial charge is 0.495 e. The molecule has 0 spiro atoms. The first-order valence-corrected chi connectivity index (χ1v) is 6.76. The zero-order chi connectivity index (χ0) is 16.2. The Labute approximate surface area is 128 Å². The molecule has 0 aliphatic rings. The van der Waals surface area contributed by atoms with Gasteiger partial charge in [0.2, 0.25) is 0 Å². The molecular formula is C13H15BrF3NO3. The van der Waals surface area contributed by atoms with E-state index in [0.717, 1.165) is 0 Å². The lowest BCUT2D eigenvalue weighted by Crippen LogP contribution is -2.42. The van der Waals surface area contributed by atoms with Crippen LogP contribution in [0, 0.1) is 0 Å². The maximum Gasteiger partial charge on any atom is 0.471 e. The van der Waals surface area contributed by atoms with Gasteiger partial charge in [-0.25, -0.2) is 0 Å². The molecule has 4 nitrogen and oxygen atoms in total. The third-order valence-corrected chi connectivity index (χ3v) is 3.46. The Morgan fingerprint density at radius 2 is 1.76 bits per heavy atom. The highest BCUT2D eigenvalue weighted by molar-refractivity contribution is 9.10. The van der Waals surface area contributed by atoms with E-state index in [1.165, 1.54) is 21.1 Å². The number of rotatable bonds is 5. The molecule has 0 aliphatic carbocycles. The van der Waals surface area contributed by atoms with E-state index in [4.69, 9.17) is 9.47 Å². The highest BCUT2D eigenvalue weighted by atomic mass is 79.9. The minimum absolute atomic E-state index is 0.210. The second-order valence-corrected chi connectivity index (χ2v) is 5.18. The molecule has 1 aromatic rings. The van der Waals surface area contributed by atoms with E-state index in [2.05, 4.69) is 15.9 Å². The Kier molecular flexibility index (Phi) is 5.88. The van der Waals surface area contributed by atoms with Gasteiger partial charge in [0.05, 0.1) is 14.2 Å². The van der Waals surface area contributed by atoms with Crippen LogP contribution >= 0.6 is 15.9 Å². The normalized spacial score (nSPS) is 12.7. The Morgan fingerprint density at radius 3 is 2.14 bits per heavy atom. The van der Waals surface area contributed by atoms with Crippen LogP contribution < -0.4 is 14.8 Å². The number of nitrogens with one attached hydrogen (secondary N) is 1. The SMILES string of the molecule is COc1cc(CC(C)NC(=O)C(F)(F)F)cc(OC)c1Br. The zero-order valence-corrected chi connectivity index (χ0v) is 13.3. The van der Waals surface area contributed by atoms with Crippen molar-refractivity contribution in [2.75, 3.05) is 14.2 Å². The zero-order valence-electron chi connectivity index (χ0n) is 11.7. The lowest BCUT2D eigenvalue weighted by atomic mass is 10.1. The van der Waals surface area contributed by atoms with Crippen LogP contribution in [0.1, 0.15) is 12.5 Å².